The zero-order chi connectivity index (χ0) is 15.2. The highest BCUT2D eigenvalue weighted by Crippen LogP contribution is 2.16. The van der Waals surface area contributed by atoms with Crippen LogP contribution in [0.4, 0.5) is 11.9 Å². The van der Waals surface area contributed by atoms with Crippen LogP contribution in [0.1, 0.15) is 27.7 Å². The summed E-state index contributed by atoms with van der Waals surface area (Å²) in [4.78, 5) is 12.4. The topological polar surface area (TPSA) is 112 Å². The molecule has 0 aliphatic carbocycles. The number of hydrogen-bond donors (Lipinski definition) is 4. The molecule has 20 heavy (non-hydrogen) atoms. The lowest BCUT2D eigenvalue weighted by Gasteiger charge is -2.26. The van der Waals surface area contributed by atoms with Gasteiger partial charge in [-0.1, -0.05) is 0 Å². The highest BCUT2D eigenvalue weighted by atomic mass is 16.5. The number of nitrogens with zero attached hydrogens (tertiary/aromatic N) is 3. The van der Waals surface area contributed by atoms with Crippen LogP contribution in [0.5, 0.6) is 6.01 Å². The first kappa shape index (κ1) is 16.4. The molecule has 0 aromatic carbocycles. The molecule has 0 aliphatic heterocycles. The summed E-state index contributed by atoms with van der Waals surface area (Å²) >= 11 is 0. The molecule has 4 N–H and O–H groups in total. The maximum absolute atomic E-state index is 9.29. The van der Waals surface area contributed by atoms with Crippen molar-refractivity contribution >= 4 is 11.9 Å². The Morgan fingerprint density at radius 3 is 2.25 bits per heavy atom. The quantitative estimate of drug-likeness (QED) is 0.537. The Labute approximate surface area is 118 Å². The van der Waals surface area contributed by atoms with E-state index in [2.05, 4.69) is 25.6 Å². The average Bonchev–Trinajstić information content (AvgIpc) is 2.38. The minimum Gasteiger partial charge on any atom is -0.461 e. The number of rotatable bonds is 8. The Kier molecular flexibility index (Phi) is 5.90. The molecule has 0 saturated heterocycles. The van der Waals surface area contributed by atoms with E-state index in [4.69, 9.17) is 4.74 Å². The summed E-state index contributed by atoms with van der Waals surface area (Å²) < 4.78 is 5.46. The Hall–Kier alpha value is -1.67. The van der Waals surface area contributed by atoms with Gasteiger partial charge < -0.3 is 25.6 Å². The molecule has 0 atom stereocenters. The Morgan fingerprint density at radius 1 is 1.15 bits per heavy atom. The zero-order valence-corrected chi connectivity index (χ0v) is 12.3. The summed E-state index contributed by atoms with van der Waals surface area (Å²) in [5.74, 6) is 0.607. The van der Waals surface area contributed by atoms with Gasteiger partial charge in [0, 0.05) is 6.54 Å². The lowest BCUT2D eigenvalue weighted by atomic mass is 10.1. The second-order valence-corrected chi connectivity index (χ2v) is 4.96. The van der Waals surface area contributed by atoms with E-state index in [1.165, 1.54) is 0 Å². The van der Waals surface area contributed by atoms with Crippen LogP contribution in [0, 0.1) is 0 Å². The maximum atomic E-state index is 9.29. The number of aliphatic hydroxyl groups excluding tert-OH is 2. The first-order valence-corrected chi connectivity index (χ1v) is 6.59. The van der Waals surface area contributed by atoms with Gasteiger partial charge in [-0.3, -0.25) is 0 Å². The average molecular weight is 285 g/mol. The van der Waals surface area contributed by atoms with Crippen LogP contribution in [0.2, 0.25) is 0 Å². The van der Waals surface area contributed by atoms with Crippen LogP contribution in [0.15, 0.2) is 0 Å². The fourth-order valence-corrected chi connectivity index (χ4v) is 1.31. The van der Waals surface area contributed by atoms with Crippen LogP contribution < -0.4 is 15.4 Å². The Bertz CT molecular complexity index is 424. The number of nitrogens with one attached hydrogen (secondary N) is 2. The van der Waals surface area contributed by atoms with Crippen LogP contribution >= 0.6 is 0 Å². The van der Waals surface area contributed by atoms with Gasteiger partial charge in [0.15, 0.2) is 0 Å². The van der Waals surface area contributed by atoms with Crippen molar-refractivity contribution in [2.24, 2.45) is 0 Å². The summed E-state index contributed by atoms with van der Waals surface area (Å²) in [5, 5.41) is 24.4. The third kappa shape index (κ3) is 4.78. The van der Waals surface area contributed by atoms with Crippen molar-refractivity contribution in [1.29, 1.82) is 0 Å². The molecule has 0 bridgehead atoms. The van der Waals surface area contributed by atoms with Crippen LogP contribution in [-0.2, 0) is 0 Å². The van der Waals surface area contributed by atoms with E-state index < -0.39 is 5.54 Å². The molecule has 0 aliphatic rings. The molecule has 114 valence electrons. The number of aliphatic hydroxyl groups is 2. The predicted octanol–water partition coefficient (Wildman–Crippen LogP) is 0.246. The fourth-order valence-electron chi connectivity index (χ4n) is 1.31. The normalized spacial score (nSPS) is 11.6. The molecule has 1 aromatic heterocycles. The third-order valence-corrected chi connectivity index (χ3v) is 2.40. The Morgan fingerprint density at radius 2 is 1.75 bits per heavy atom. The first-order valence-electron chi connectivity index (χ1n) is 6.59. The molecular formula is C12H23N5O3. The molecule has 8 heteroatoms. The highest BCUT2D eigenvalue weighted by molar-refractivity contribution is 5.38. The Balaban J connectivity index is 3.01. The SMILES string of the molecule is CCNc1nc(NC(C)(CO)CO)nc(OC(C)C)n1. The number of aromatic nitrogens is 3. The van der Waals surface area contributed by atoms with Crippen LogP contribution in [0.3, 0.4) is 0 Å². The van der Waals surface area contributed by atoms with Crippen molar-refractivity contribution in [3.63, 3.8) is 0 Å². The van der Waals surface area contributed by atoms with Gasteiger partial charge in [-0.05, 0) is 27.7 Å². The van der Waals surface area contributed by atoms with E-state index in [1.807, 2.05) is 20.8 Å². The lowest BCUT2D eigenvalue weighted by molar-refractivity contribution is 0.146. The summed E-state index contributed by atoms with van der Waals surface area (Å²) in [7, 11) is 0. The van der Waals surface area contributed by atoms with Gasteiger partial charge >= 0.3 is 6.01 Å². The molecule has 0 saturated carbocycles. The molecule has 1 aromatic rings. The van der Waals surface area contributed by atoms with E-state index in [0.717, 1.165) is 0 Å². The summed E-state index contributed by atoms with van der Waals surface area (Å²) in [5.41, 5.74) is -0.917. The van der Waals surface area contributed by atoms with E-state index in [-0.39, 0.29) is 31.3 Å². The van der Waals surface area contributed by atoms with E-state index in [1.54, 1.807) is 6.92 Å². The lowest BCUT2D eigenvalue weighted by Crippen LogP contribution is -2.43. The van der Waals surface area contributed by atoms with Gasteiger partial charge in [0.1, 0.15) is 0 Å². The van der Waals surface area contributed by atoms with Crippen molar-refractivity contribution in [3.05, 3.63) is 0 Å². The summed E-state index contributed by atoms with van der Waals surface area (Å²) in [6.07, 6.45) is -0.0678. The zero-order valence-electron chi connectivity index (χ0n) is 12.3. The monoisotopic (exact) mass is 285 g/mol. The number of anilines is 2. The van der Waals surface area contributed by atoms with Crippen molar-refractivity contribution in [2.45, 2.75) is 39.3 Å². The standard InChI is InChI=1S/C12H23N5O3/c1-5-13-9-14-10(17-12(4,6-18)7-19)16-11(15-9)20-8(2)3/h8,18-19H,5-7H2,1-4H3,(H2,13,14,15,16,17). The second kappa shape index (κ2) is 7.20. The molecule has 1 rings (SSSR count). The molecule has 0 fully saturated rings. The van der Waals surface area contributed by atoms with Crippen LogP contribution in [-0.4, -0.2) is 56.6 Å². The summed E-state index contributed by atoms with van der Waals surface area (Å²) in [6, 6.07) is 0.187. The van der Waals surface area contributed by atoms with Crippen molar-refractivity contribution in [1.82, 2.24) is 15.0 Å². The molecular weight excluding hydrogens is 262 g/mol. The van der Waals surface area contributed by atoms with Crippen molar-refractivity contribution in [2.75, 3.05) is 30.4 Å². The van der Waals surface area contributed by atoms with Gasteiger partial charge in [0.25, 0.3) is 0 Å². The fraction of sp³-hybridized carbons (Fsp3) is 0.750. The van der Waals surface area contributed by atoms with Gasteiger partial charge in [0.05, 0.1) is 24.9 Å². The molecule has 0 amide bonds. The van der Waals surface area contributed by atoms with Crippen LogP contribution in [0.25, 0.3) is 0 Å². The van der Waals surface area contributed by atoms with Crippen molar-refractivity contribution < 1.29 is 14.9 Å². The van der Waals surface area contributed by atoms with Gasteiger partial charge in [-0.25, -0.2) is 0 Å². The first-order chi connectivity index (χ1) is 9.42. The van der Waals surface area contributed by atoms with E-state index in [0.29, 0.717) is 12.5 Å². The highest BCUT2D eigenvalue weighted by Gasteiger charge is 2.24. The predicted molar refractivity (Wildman–Crippen MR) is 76.0 cm³/mol. The van der Waals surface area contributed by atoms with Gasteiger partial charge in [-0.2, -0.15) is 15.0 Å². The smallest absolute Gasteiger partial charge is 0.323 e. The molecule has 1 heterocycles. The third-order valence-electron chi connectivity index (χ3n) is 2.40. The minimum absolute atomic E-state index is 0.0678. The maximum Gasteiger partial charge on any atom is 0.323 e. The largest absolute Gasteiger partial charge is 0.461 e. The molecule has 8 nitrogen and oxygen atoms in total. The second-order valence-electron chi connectivity index (χ2n) is 4.96. The number of hydrogen-bond acceptors (Lipinski definition) is 8. The number of ether oxygens (including phenoxy) is 1. The van der Waals surface area contributed by atoms with Crippen molar-refractivity contribution in [3.8, 4) is 6.01 Å². The molecule has 0 spiro atoms. The van der Waals surface area contributed by atoms with E-state index in [9.17, 15) is 10.2 Å². The van der Waals surface area contributed by atoms with Gasteiger partial charge in [-0.15, -0.1) is 0 Å². The summed E-state index contributed by atoms with van der Waals surface area (Å²) in [6.45, 7) is 7.46. The van der Waals surface area contributed by atoms with Gasteiger partial charge in [0.2, 0.25) is 11.9 Å². The van der Waals surface area contributed by atoms with E-state index >= 15 is 0 Å². The molecule has 0 unspecified atom stereocenters. The molecule has 0 radical (unpaired) electrons. The minimum atomic E-state index is -0.917.